The zero-order valence-electron chi connectivity index (χ0n) is 12.4. The maximum atomic E-state index is 12.7. The summed E-state index contributed by atoms with van der Waals surface area (Å²) in [6.07, 6.45) is 2.73. The number of rotatable bonds is 4. The standard InChI is InChI=1S/C16H17ClN2O3S/c17-16-9-8-15(11-18-16)23(20,21)19-10-4-7-14(12-19)22-13-5-2-1-3-6-13/h1-3,5-6,8-9,11,14H,4,7,10,12H2. The van der Waals surface area contributed by atoms with Crippen molar-refractivity contribution < 1.29 is 13.2 Å². The first-order valence-corrected chi connectivity index (χ1v) is 9.21. The number of nitrogens with zero attached hydrogens (tertiary/aromatic N) is 2. The fourth-order valence-corrected chi connectivity index (χ4v) is 4.14. The van der Waals surface area contributed by atoms with Gasteiger partial charge in [-0.2, -0.15) is 4.31 Å². The highest BCUT2D eigenvalue weighted by Gasteiger charge is 2.31. The van der Waals surface area contributed by atoms with Crippen LogP contribution in [0.5, 0.6) is 5.75 Å². The summed E-state index contributed by atoms with van der Waals surface area (Å²) in [5, 5.41) is 0.271. The second kappa shape index (κ2) is 6.86. The Morgan fingerprint density at radius 2 is 1.96 bits per heavy atom. The molecule has 1 aromatic carbocycles. The van der Waals surface area contributed by atoms with Crippen LogP contribution in [0.15, 0.2) is 53.6 Å². The van der Waals surface area contributed by atoms with Gasteiger partial charge in [-0.25, -0.2) is 13.4 Å². The topological polar surface area (TPSA) is 59.5 Å². The van der Waals surface area contributed by atoms with Gasteiger partial charge in [-0.3, -0.25) is 0 Å². The molecule has 7 heteroatoms. The Hall–Kier alpha value is -1.63. The summed E-state index contributed by atoms with van der Waals surface area (Å²) in [6.45, 7) is 0.819. The van der Waals surface area contributed by atoms with Crippen LogP contribution in [0.4, 0.5) is 0 Å². The Bertz CT molecular complexity index is 751. The molecule has 1 saturated heterocycles. The fraction of sp³-hybridized carbons (Fsp3) is 0.312. The Balaban J connectivity index is 1.74. The first-order chi connectivity index (χ1) is 11.1. The molecule has 0 bridgehead atoms. The minimum Gasteiger partial charge on any atom is -0.489 e. The number of para-hydroxylation sites is 1. The minimum absolute atomic E-state index is 0.152. The highest BCUT2D eigenvalue weighted by Crippen LogP contribution is 2.23. The molecule has 0 amide bonds. The van der Waals surface area contributed by atoms with Gasteiger partial charge in [-0.05, 0) is 37.1 Å². The highest BCUT2D eigenvalue weighted by molar-refractivity contribution is 7.89. The Morgan fingerprint density at radius 3 is 2.65 bits per heavy atom. The number of hydrogen-bond acceptors (Lipinski definition) is 4. The zero-order chi connectivity index (χ0) is 16.3. The van der Waals surface area contributed by atoms with Gasteiger partial charge >= 0.3 is 0 Å². The van der Waals surface area contributed by atoms with E-state index in [2.05, 4.69) is 4.98 Å². The lowest BCUT2D eigenvalue weighted by Gasteiger charge is -2.32. The quantitative estimate of drug-likeness (QED) is 0.794. The number of halogens is 1. The van der Waals surface area contributed by atoms with Crippen LogP contribution < -0.4 is 4.74 Å². The molecule has 0 aliphatic carbocycles. The van der Waals surface area contributed by atoms with E-state index >= 15 is 0 Å². The van der Waals surface area contributed by atoms with Crippen LogP contribution in [0.3, 0.4) is 0 Å². The number of aromatic nitrogens is 1. The summed E-state index contributed by atoms with van der Waals surface area (Å²) in [6, 6.07) is 12.4. The lowest BCUT2D eigenvalue weighted by Crippen LogP contribution is -2.44. The number of ether oxygens (including phenoxy) is 1. The van der Waals surface area contributed by atoms with Gasteiger partial charge in [0.05, 0.1) is 6.54 Å². The molecule has 1 aliphatic rings. The van der Waals surface area contributed by atoms with E-state index in [9.17, 15) is 8.42 Å². The number of pyridine rings is 1. The van der Waals surface area contributed by atoms with Crippen molar-refractivity contribution in [2.75, 3.05) is 13.1 Å². The van der Waals surface area contributed by atoms with Gasteiger partial charge in [-0.15, -0.1) is 0 Å². The predicted octanol–water partition coefficient (Wildman–Crippen LogP) is 2.97. The van der Waals surface area contributed by atoms with E-state index in [0.717, 1.165) is 18.6 Å². The highest BCUT2D eigenvalue weighted by atomic mass is 35.5. The molecular weight excluding hydrogens is 336 g/mol. The van der Waals surface area contributed by atoms with Gasteiger partial charge in [0.1, 0.15) is 21.9 Å². The monoisotopic (exact) mass is 352 g/mol. The lowest BCUT2D eigenvalue weighted by molar-refractivity contribution is 0.130. The van der Waals surface area contributed by atoms with Gasteiger partial charge in [0.2, 0.25) is 10.0 Å². The van der Waals surface area contributed by atoms with Crippen molar-refractivity contribution in [3.8, 4) is 5.75 Å². The van der Waals surface area contributed by atoms with E-state index in [-0.39, 0.29) is 16.2 Å². The van der Waals surface area contributed by atoms with Gasteiger partial charge < -0.3 is 4.74 Å². The van der Waals surface area contributed by atoms with Crippen LogP contribution >= 0.6 is 11.6 Å². The lowest BCUT2D eigenvalue weighted by atomic mass is 10.1. The molecule has 23 heavy (non-hydrogen) atoms. The van der Waals surface area contributed by atoms with Crippen molar-refractivity contribution in [3.05, 3.63) is 53.8 Å². The number of benzene rings is 1. The molecule has 1 unspecified atom stereocenters. The van der Waals surface area contributed by atoms with Crippen LogP contribution in [0, 0.1) is 0 Å². The van der Waals surface area contributed by atoms with Crippen molar-refractivity contribution in [1.82, 2.24) is 9.29 Å². The third-order valence-electron chi connectivity index (χ3n) is 3.72. The van der Waals surface area contributed by atoms with Crippen LogP contribution in [0.1, 0.15) is 12.8 Å². The van der Waals surface area contributed by atoms with E-state index in [1.54, 1.807) is 0 Å². The molecule has 0 saturated carbocycles. The third-order valence-corrected chi connectivity index (χ3v) is 5.80. The summed E-state index contributed by atoms with van der Waals surface area (Å²) in [7, 11) is -3.57. The number of hydrogen-bond donors (Lipinski definition) is 0. The van der Waals surface area contributed by atoms with Gasteiger partial charge in [0.15, 0.2) is 0 Å². The van der Waals surface area contributed by atoms with Crippen molar-refractivity contribution in [1.29, 1.82) is 0 Å². The van der Waals surface area contributed by atoms with Crippen LogP contribution in [-0.2, 0) is 10.0 Å². The normalized spacial score (nSPS) is 19.4. The van der Waals surface area contributed by atoms with Crippen molar-refractivity contribution in [2.45, 2.75) is 23.8 Å². The van der Waals surface area contributed by atoms with Gasteiger partial charge in [0, 0.05) is 12.7 Å². The second-order valence-electron chi connectivity index (χ2n) is 5.37. The van der Waals surface area contributed by atoms with E-state index in [1.165, 1.54) is 22.6 Å². The Morgan fingerprint density at radius 1 is 1.17 bits per heavy atom. The molecule has 1 aromatic heterocycles. The molecular formula is C16H17ClN2O3S. The molecule has 0 N–H and O–H groups in total. The molecule has 2 aromatic rings. The maximum absolute atomic E-state index is 12.7. The largest absolute Gasteiger partial charge is 0.489 e. The molecule has 2 heterocycles. The van der Waals surface area contributed by atoms with Gasteiger partial charge in [0.25, 0.3) is 0 Å². The SMILES string of the molecule is O=S(=O)(c1ccc(Cl)nc1)N1CCCC(Oc2ccccc2)C1. The minimum atomic E-state index is -3.57. The summed E-state index contributed by atoms with van der Waals surface area (Å²) < 4.78 is 32.7. The van der Waals surface area contributed by atoms with Gasteiger partial charge in [-0.1, -0.05) is 29.8 Å². The molecule has 0 spiro atoms. The molecule has 122 valence electrons. The Kier molecular flexibility index (Phi) is 4.84. The van der Waals surface area contributed by atoms with E-state index in [0.29, 0.717) is 13.1 Å². The van der Waals surface area contributed by atoms with E-state index < -0.39 is 10.0 Å². The van der Waals surface area contributed by atoms with E-state index in [1.807, 2.05) is 30.3 Å². The van der Waals surface area contributed by atoms with Crippen LogP contribution in [0.25, 0.3) is 0 Å². The summed E-state index contributed by atoms with van der Waals surface area (Å²) in [4.78, 5) is 4.01. The number of piperidine rings is 1. The molecule has 1 fully saturated rings. The van der Waals surface area contributed by atoms with Crippen LogP contribution in [0.2, 0.25) is 5.15 Å². The van der Waals surface area contributed by atoms with Crippen molar-refractivity contribution in [2.24, 2.45) is 0 Å². The number of sulfonamides is 1. The molecule has 3 rings (SSSR count). The molecule has 0 radical (unpaired) electrons. The second-order valence-corrected chi connectivity index (χ2v) is 7.70. The van der Waals surface area contributed by atoms with E-state index in [4.69, 9.17) is 16.3 Å². The zero-order valence-corrected chi connectivity index (χ0v) is 14.0. The molecule has 1 atom stereocenters. The summed E-state index contributed by atoms with van der Waals surface area (Å²) in [5.41, 5.74) is 0. The maximum Gasteiger partial charge on any atom is 0.244 e. The summed E-state index contributed by atoms with van der Waals surface area (Å²) in [5.74, 6) is 0.755. The fourth-order valence-electron chi connectivity index (χ4n) is 2.57. The first kappa shape index (κ1) is 16.2. The Labute approximate surface area is 140 Å². The van der Waals surface area contributed by atoms with Crippen LogP contribution in [-0.4, -0.2) is 36.9 Å². The first-order valence-electron chi connectivity index (χ1n) is 7.39. The average Bonchev–Trinajstić information content (AvgIpc) is 2.56. The third kappa shape index (κ3) is 3.83. The smallest absolute Gasteiger partial charge is 0.244 e. The van der Waals surface area contributed by atoms with Crippen molar-refractivity contribution >= 4 is 21.6 Å². The summed E-state index contributed by atoms with van der Waals surface area (Å²) >= 11 is 5.72. The molecule has 1 aliphatic heterocycles. The molecule has 5 nitrogen and oxygen atoms in total. The average molecular weight is 353 g/mol. The predicted molar refractivity (Wildman–Crippen MR) is 88.1 cm³/mol. The van der Waals surface area contributed by atoms with Crippen molar-refractivity contribution in [3.63, 3.8) is 0 Å².